The minimum Gasteiger partial charge on any atom is -0.286 e. The van der Waals surface area contributed by atoms with Crippen molar-refractivity contribution in [2.24, 2.45) is 17.8 Å². The van der Waals surface area contributed by atoms with E-state index in [1.165, 1.54) is 52.0 Å². The van der Waals surface area contributed by atoms with Crippen LogP contribution >= 0.6 is 0 Å². The summed E-state index contributed by atoms with van der Waals surface area (Å²) >= 11 is 0. The van der Waals surface area contributed by atoms with Gasteiger partial charge in [0.1, 0.15) is 0 Å². The van der Waals surface area contributed by atoms with Crippen LogP contribution in [0.15, 0.2) is 0 Å². The molecule has 17 heavy (non-hydrogen) atoms. The van der Waals surface area contributed by atoms with Gasteiger partial charge in [0, 0.05) is 13.0 Å². The molecule has 3 nitrogen and oxygen atoms in total. The summed E-state index contributed by atoms with van der Waals surface area (Å²) in [4.78, 5) is 11.7. The van der Waals surface area contributed by atoms with E-state index in [0.717, 1.165) is 29.7 Å². The van der Waals surface area contributed by atoms with Gasteiger partial charge in [-0.15, -0.1) is 0 Å². The van der Waals surface area contributed by atoms with E-state index in [0.29, 0.717) is 0 Å². The summed E-state index contributed by atoms with van der Waals surface area (Å²) in [6, 6.07) is 0. The first-order valence-electron chi connectivity index (χ1n) is 7.15. The van der Waals surface area contributed by atoms with Crippen molar-refractivity contribution in [1.29, 1.82) is 0 Å². The first kappa shape index (κ1) is 12.9. The van der Waals surface area contributed by atoms with Gasteiger partial charge in [-0.1, -0.05) is 32.1 Å². The van der Waals surface area contributed by atoms with Crippen LogP contribution in [-0.2, 0) is 4.79 Å². The molecule has 0 bridgehead atoms. The Morgan fingerprint density at radius 2 is 1.47 bits per heavy atom. The zero-order valence-electron chi connectivity index (χ0n) is 10.9. The fourth-order valence-electron chi connectivity index (χ4n) is 3.71. The first-order valence-corrected chi connectivity index (χ1v) is 7.15. The van der Waals surface area contributed by atoms with Crippen molar-refractivity contribution < 1.29 is 10.0 Å². The van der Waals surface area contributed by atoms with Crippen molar-refractivity contribution in [1.82, 2.24) is 5.06 Å². The van der Waals surface area contributed by atoms with Gasteiger partial charge in [0.2, 0.25) is 5.91 Å². The number of rotatable bonds is 2. The smallest absolute Gasteiger partial charge is 0.248 e. The molecule has 0 saturated heterocycles. The van der Waals surface area contributed by atoms with Crippen molar-refractivity contribution in [2.75, 3.05) is 7.05 Å². The number of carbonyl (C=O) groups is 1. The third-order valence-corrected chi connectivity index (χ3v) is 4.76. The lowest BCUT2D eigenvalue weighted by Gasteiger charge is -2.35. The van der Waals surface area contributed by atoms with Crippen LogP contribution in [0.2, 0.25) is 0 Å². The van der Waals surface area contributed by atoms with Gasteiger partial charge >= 0.3 is 0 Å². The van der Waals surface area contributed by atoms with Crippen LogP contribution in [0.25, 0.3) is 0 Å². The molecule has 1 N–H and O–H groups in total. The lowest BCUT2D eigenvalue weighted by molar-refractivity contribution is -0.165. The first-order chi connectivity index (χ1) is 8.18. The van der Waals surface area contributed by atoms with Gasteiger partial charge in [0.25, 0.3) is 0 Å². The predicted molar refractivity (Wildman–Crippen MR) is 66.6 cm³/mol. The summed E-state index contributed by atoms with van der Waals surface area (Å²) in [5, 5.41) is 9.94. The van der Waals surface area contributed by atoms with Crippen molar-refractivity contribution in [3.05, 3.63) is 0 Å². The Morgan fingerprint density at radius 3 is 2.00 bits per heavy atom. The molecule has 2 aliphatic carbocycles. The maximum atomic E-state index is 11.7. The van der Waals surface area contributed by atoms with E-state index in [1.54, 1.807) is 0 Å². The number of hydrogen-bond acceptors (Lipinski definition) is 2. The van der Waals surface area contributed by atoms with Crippen LogP contribution < -0.4 is 0 Å². The molecule has 1 amide bonds. The Hall–Kier alpha value is -0.570. The van der Waals surface area contributed by atoms with Gasteiger partial charge in [0.05, 0.1) is 0 Å². The molecule has 2 saturated carbocycles. The SMILES string of the molecule is CN(O)C(=O)C1CCC(C2CCCCC2)CC1. The van der Waals surface area contributed by atoms with Gasteiger partial charge in [-0.25, -0.2) is 5.06 Å². The molecule has 0 heterocycles. The lowest BCUT2D eigenvalue weighted by Crippen LogP contribution is -2.34. The number of nitrogens with zero attached hydrogens (tertiary/aromatic N) is 1. The van der Waals surface area contributed by atoms with Crippen LogP contribution in [0.3, 0.4) is 0 Å². The molecule has 0 atom stereocenters. The number of amides is 1. The third kappa shape index (κ3) is 3.21. The Kier molecular flexibility index (Phi) is 4.43. The monoisotopic (exact) mass is 239 g/mol. The summed E-state index contributed by atoms with van der Waals surface area (Å²) in [5.74, 6) is 1.76. The standard InChI is InChI=1S/C14H25NO2/c1-15(17)14(16)13-9-7-12(8-10-13)11-5-3-2-4-6-11/h11-13,17H,2-10H2,1H3. The fourth-order valence-corrected chi connectivity index (χ4v) is 3.71. The number of hydrogen-bond donors (Lipinski definition) is 1. The quantitative estimate of drug-likeness (QED) is 0.593. The fraction of sp³-hybridized carbons (Fsp3) is 0.929. The molecule has 0 radical (unpaired) electrons. The maximum absolute atomic E-state index is 11.7. The Morgan fingerprint density at radius 1 is 0.941 bits per heavy atom. The van der Waals surface area contributed by atoms with Crippen LogP contribution in [0, 0.1) is 17.8 Å². The zero-order chi connectivity index (χ0) is 12.3. The summed E-state index contributed by atoms with van der Waals surface area (Å²) in [6.45, 7) is 0. The highest BCUT2D eigenvalue weighted by atomic mass is 16.5. The minimum atomic E-state index is -0.0907. The normalized spacial score (nSPS) is 31.2. The lowest BCUT2D eigenvalue weighted by atomic mass is 9.71. The average Bonchev–Trinajstić information content (AvgIpc) is 2.39. The largest absolute Gasteiger partial charge is 0.286 e. The molecule has 0 aromatic heterocycles. The summed E-state index contributed by atoms with van der Waals surface area (Å²) in [6.07, 6.45) is 11.4. The zero-order valence-corrected chi connectivity index (χ0v) is 10.9. The molecule has 3 heteroatoms. The van der Waals surface area contributed by atoms with E-state index in [-0.39, 0.29) is 11.8 Å². The summed E-state index contributed by atoms with van der Waals surface area (Å²) in [5.41, 5.74) is 0. The van der Waals surface area contributed by atoms with Crippen LogP contribution in [0.4, 0.5) is 0 Å². The van der Waals surface area contributed by atoms with Crippen LogP contribution in [0.1, 0.15) is 57.8 Å². The predicted octanol–water partition coefficient (Wildman–Crippen LogP) is 3.22. The molecule has 0 unspecified atom stereocenters. The average molecular weight is 239 g/mol. The Bertz CT molecular complexity index is 251. The van der Waals surface area contributed by atoms with Gasteiger partial charge in [-0.3, -0.25) is 10.0 Å². The summed E-state index contributed by atoms with van der Waals surface area (Å²) in [7, 11) is 1.44. The second-order valence-corrected chi connectivity index (χ2v) is 5.87. The highest BCUT2D eigenvalue weighted by molar-refractivity contribution is 5.77. The molecule has 98 valence electrons. The van der Waals surface area contributed by atoms with Crippen LogP contribution in [0.5, 0.6) is 0 Å². The number of hydroxylamine groups is 2. The molecule has 2 rings (SSSR count). The van der Waals surface area contributed by atoms with E-state index >= 15 is 0 Å². The highest BCUT2D eigenvalue weighted by Gasteiger charge is 2.32. The van der Waals surface area contributed by atoms with Gasteiger partial charge < -0.3 is 0 Å². The van der Waals surface area contributed by atoms with E-state index in [2.05, 4.69) is 0 Å². The molecule has 0 aliphatic heterocycles. The second-order valence-electron chi connectivity index (χ2n) is 5.87. The Labute approximate surface area is 104 Å². The molecular weight excluding hydrogens is 214 g/mol. The number of carbonyl (C=O) groups excluding carboxylic acids is 1. The molecule has 0 aromatic carbocycles. The van der Waals surface area contributed by atoms with Gasteiger partial charge in [0.15, 0.2) is 0 Å². The maximum Gasteiger partial charge on any atom is 0.248 e. The Balaban J connectivity index is 1.79. The van der Waals surface area contributed by atoms with Crippen molar-refractivity contribution >= 4 is 5.91 Å². The molecule has 0 aromatic rings. The van der Waals surface area contributed by atoms with E-state index in [4.69, 9.17) is 0 Å². The molecule has 2 aliphatic rings. The topological polar surface area (TPSA) is 40.5 Å². The third-order valence-electron chi connectivity index (χ3n) is 4.76. The van der Waals surface area contributed by atoms with Crippen molar-refractivity contribution in [3.8, 4) is 0 Å². The molecule has 2 fully saturated rings. The summed E-state index contributed by atoms with van der Waals surface area (Å²) < 4.78 is 0. The van der Waals surface area contributed by atoms with E-state index in [1.807, 2.05) is 0 Å². The van der Waals surface area contributed by atoms with Crippen molar-refractivity contribution in [2.45, 2.75) is 57.8 Å². The van der Waals surface area contributed by atoms with E-state index in [9.17, 15) is 10.0 Å². The van der Waals surface area contributed by atoms with Crippen molar-refractivity contribution in [3.63, 3.8) is 0 Å². The van der Waals surface area contributed by atoms with Gasteiger partial charge in [-0.05, 0) is 37.5 Å². The molecular formula is C14H25NO2. The van der Waals surface area contributed by atoms with E-state index < -0.39 is 0 Å². The van der Waals surface area contributed by atoms with Gasteiger partial charge in [-0.2, -0.15) is 0 Å². The van der Waals surface area contributed by atoms with Crippen LogP contribution in [-0.4, -0.2) is 23.2 Å². The highest BCUT2D eigenvalue weighted by Crippen LogP contribution is 2.40. The minimum absolute atomic E-state index is 0.0739. The second kappa shape index (κ2) is 5.85. The molecule has 0 spiro atoms.